The predicted molar refractivity (Wildman–Crippen MR) is 133 cm³/mol. The molecular weight excluding hydrogens is 366 g/mol. The van der Waals surface area contributed by atoms with Crippen LogP contribution in [0.3, 0.4) is 0 Å². The molecule has 2 rings (SSSR count). The van der Waals surface area contributed by atoms with Crippen molar-refractivity contribution in [1.82, 2.24) is 0 Å². The number of fused-ring (bicyclic) bond motifs is 1. The second-order valence-electron chi connectivity index (χ2n) is 6.13. The van der Waals surface area contributed by atoms with Gasteiger partial charge in [0.2, 0.25) is 0 Å². The summed E-state index contributed by atoms with van der Waals surface area (Å²) in [5, 5.41) is 1.92. The molecular formula is C28H27NO. The lowest BCUT2D eigenvalue weighted by Gasteiger charge is -2.27. The van der Waals surface area contributed by atoms with Crippen molar-refractivity contribution in [2.75, 3.05) is 4.90 Å². The molecule has 30 heavy (non-hydrogen) atoms. The van der Waals surface area contributed by atoms with Gasteiger partial charge in [-0.2, -0.15) is 0 Å². The van der Waals surface area contributed by atoms with Crippen molar-refractivity contribution in [3.05, 3.63) is 140 Å². The van der Waals surface area contributed by atoms with Crippen molar-refractivity contribution in [2.45, 2.75) is 0 Å². The summed E-state index contributed by atoms with van der Waals surface area (Å²) in [7, 11) is 0. The van der Waals surface area contributed by atoms with E-state index in [-0.39, 0.29) is 0 Å². The van der Waals surface area contributed by atoms with E-state index in [1.165, 1.54) is 0 Å². The SMILES string of the molecule is C=C/C=C\C(=C/C=C)N(/C(C=C)=C/C=C)c1cccc2c(=C/C=C)/c(=C\C=C)oc12. The van der Waals surface area contributed by atoms with Gasteiger partial charge in [-0.1, -0.05) is 94.1 Å². The number of rotatable bonds is 10. The molecule has 0 spiro atoms. The first-order valence-electron chi connectivity index (χ1n) is 9.50. The second kappa shape index (κ2) is 11.1. The highest BCUT2D eigenvalue weighted by molar-refractivity contribution is 5.93. The van der Waals surface area contributed by atoms with E-state index < -0.39 is 0 Å². The summed E-state index contributed by atoms with van der Waals surface area (Å²) in [5.74, 6) is 0. The lowest BCUT2D eigenvalue weighted by Crippen LogP contribution is -2.20. The fraction of sp³-hybridized carbons (Fsp3) is 0. The van der Waals surface area contributed by atoms with Crippen molar-refractivity contribution < 1.29 is 4.42 Å². The average molecular weight is 394 g/mol. The number of benzene rings is 1. The van der Waals surface area contributed by atoms with E-state index in [0.29, 0.717) is 0 Å². The number of para-hydroxylation sites is 1. The van der Waals surface area contributed by atoms with E-state index in [4.69, 9.17) is 4.42 Å². The molecule has 1 heterocycles. The molecule has 0 aliphatic rings. The van der Waals surface area contributed by atoms with Gasteiger partial charge in [-0.25, -0.2) is 0 Å². The molecule has 0 saturated carbocycles. The summed E-state index contributed by atoms with van der Waals surface area (Å²) in [5.41, 5.74) is 4.00. The normalized spacial score (nSPS) is 13.5. The molecule has 0 amide bonds. The fourth-order valence-corrected chi connectivity index (χ4v) is 3.11. The smallest absolute Gasteiger partial charge is 0.159 e. The number of anilines is 1. The van der Waals surface area contributed by atoms with Gasteiger partial charge in [0.05, 0.1) is 5.69 Å². The van der Waals surface area contributed by atoms with Gasteiger partial charge in [0, 0.05) is 22.0 Å². The van der Waals surface area contributed by atoms with E-state index in [1.807, 2.05) is 59.6 Å². The largest absolute Gasteiger partial charge is 0.454 e. The summed E-state index contributed by atoms with van der Waals surface area (Å²) in [6.45, 7) is 23.1. The Hall–Kier alpha value is -4.04. The fourth-order valence-electron chi connectivity index (χ4n) is 3.11. The summed E-state index contributed by atoms with van der Waals surface area (Å²) in [6.07, 6.45) is 21.8. The highest BCUT2D eigenvalue weighted by Crippen LogP contribution is 2.32. The minimum Gasteiger partial charge on any atom is -0.454 e. The van der Waals surface area contributed by atoms with Gasteiger partial charge in [0.1, 0.15) is 5.42 Å². The van der Waals surface area contributed by atoms with Gasteiger partial charge in [0.25, 0.3) is 0 Å². The standard InChI is InChI=1S/C28H27NO/c1-7-13-19-23(16-9-3)29(22(12-6)15-8-2)26-21-14-20-25-24(17-10-4)27(18-11-5)30-28(25)26/h7-21H,1-6H2/b19-13-,22-15+,23-16+,24-17-,27-18+. The van der Waals surface area contributed by atoms with Crippen LogP contribution in [0.15, 0.2) is 134 Å². The molecule has 0 N–H and O–H groups in total. The molecule has 1 aromatic carbocycles. The van der Waals surface area contributed by atoms with E-state index >= 15 is 0 Å². The lowest BCUT2D eigenvalue weighted by atomic mass is 10.1. The first-order chi connectivity index (χ1) is 14.7. The van der Waals surface area contributed by atoms with Crippen molar-refractivity contribution >= 4 is 28.8 Å². The molecule has 2 nitrogen and oxygen atoms in total. The zero-order valence-corrected chi connectivity index (χ0v) is 17.3. The van der Waals surface area contributed by atoms with Crippen LogP contribution in [0.2, 0.25) is 0 Å². The Labute approximate surface area is 178 Å². The van der Waals surface area contributed by atoms with Crippen LogP contribution in [0.4, 0.5) is 5.69 Å². The van der Waals surface area contributed by atoms with Crippen LogP contribution in [-0.4, -0.2) is 0 Å². The molecule has 0 aliphatic carbocycles. The second-order valence-corrected chi connectivity index (χ2v) is 6.13. The van der Waals surface area contributed by atoms with Crippen LogP contribution in [0.1, 0.15) is 0 Å². The average Bonchev–Trinajstić information content (AvgIpc) is 3.10. The van der Waals surface area contributed by atoms with Crippen molar-refractivity contribution in [2.24, 2.45) is 0 Å². The first kappa shape index (κ1) is 22.3. The minimum absolute atomic E-state index is 0.719. The van der Waals surface area contributed by atoms with Crippen molar-refractivity contribution in [1.29, 1.82) is 0 Å². The van der Waals surface area contributed by atoms with Crippen molar-refractivity contribution in [3.63, 3.8) is 0 Å². The number of hydrogen-bond donors (Lipinski definition) is 0. The van der Waals surface area contributed by atoms with E-state index in [2.05, 4.69) is 39.5 Å². The first-order valence-corrected chi connectivity index (χ1v) is 9.50. The van der Waals surface area contributed by atoms with Crippen LogP contribution in [-0.2, 0) is 0 Å². The molecule has 2 heteroatoms. The maximum Gasteiger partial charge on any atom is 0.159 e. The van der Waals surface area contributed by atoms with Gasteiger partial charge in [0.15, 0.2) is 5.58 Å². The van der Waals surface area contributed by atoms with Crippen LogP contribution in [0.25, 0.3) is 23.1 Å². The maximum atomic E-state index is 6.28. The minimum atomic E-state index is 0.719. The number of hydrogen-bond acceptors (Lipinski definition) is 2. The number of allylic oxidation sites excluding steroid dienone is 10. The zero-order chi connectivity index (χ0) is 21.9. The summed E-state index contributed by atoms with van der Waals surface area (Å²) in [6, 6.07) is 6.02. The Kier molecular flexibility index (Phi) is 8.22. The molecule has 2 aromatic rings. The molecule has 0 saturated heterocycles. The van der Waals surface area contributed by atoms with Crippen LogP contribution < -0.4 is 15.5 Å². The summed E-state index contributed by atoms with van der Waals surface area (Å²) >= 11 is 0. The Morgan fingerprint density at radius 1 is 0.800 bits per heavy atom. The van der Waals surface area contributed by atoms with Crippen LogP contribution >= 0.6 is 0 Å². The van der Waals surface area contributed by atoms with Gasteiger partial charge in [-0.15, -0.1) is 0 Å². The van der Waals surface area contributed by atoms with Gasteiger partial charge in [-0.05, 0) is 36.4 Å². The molecule has 0 radical (unpaired) electrons. The molecule has 0 fully saturated rings. The summed E-state index contributed by atoms with van der Waals surface area (Å²) in [4.78, 5) is 2.04. The molecule has 0 unspecified atom stereocenters. The quantitative estimate of drug-likeness (QED) is 0.444. The molecule has 1 aromatic heterocycles. The lowest BCUT2D eigenvalue weighted by molar-refractivity contribution is 0.576. The molecule has 0 atom stereocenters. The van der Waals surface area contributed by atoms with Crippen LogP contribution in [0.5, 0.6) is 0 Å². The molecule has 150 valence electrons. The van der Waals surface area contributed by atoms with Crippen molar-refractivity contribution in [3.8, 4) is 0 Å². The van der Waals surface area contributed by atoms with Crippen LogP contribution in [0, 0.1) is 0 Å². The van der Waals surface area contributed by atoms with Gasteiger partial charge >= 0.3 is 0 Å². The van der Waals surface area contributed by atoms with E-state index in [1.54, 1.807) is 36.5 Å². The third kappa shape index (κ3) is 4.68. The third-order valence-electron chi connectivity index (χ3n) is 4.26. The Balaban J connectivity index is 3.01. The van der Waals surface area contributed by atoms with Gasteiger partial charge in [-0.3, -0.25) is 0 Å². The Bertz CT molecular complexity index is 1200. The Morgan fingerprint density at radius 2 is 1.50 bits per heavy atom. The van der Waals surface area contributed by atoms with E-state index in [0.717, 1.165) is 38.7 Å². The summed E-state index contributed by atoms with van der Waals surface area (Å²) < 4.78 is 6.28. The molecule has 0 bridgehead atoms. The topological polar surface area (TPSA) is 16.4 Å². The third-order valence-corrected chi connectivity index (χ3v) is 4.26. The van der Waals surface area contributed by atoms with Gasteiger partial charge < -0.3 is 9.32 Å². The van der Waals surface area contributed by atoms with E-state index in [9.17, 15) is 0 Å². The highest BCUT2D eigenvalue weighted by atomic mass is 16.3. The molecule has 0 aliphatic heterocycles. The predicted octanol–water partition coefficient (Wildman–Crippen LogP) is 6.24. The monoisotopic (exact) mass is 393 g/mol. The zero-order valence-electron chi connectivity index (χ0n) is 17.3. The number of nitrogens with zero attached hydrogens (tertiary/aromatic N) is 1. The maximum absolute atomic E-state index is 6.28. The Morgan fingerprint density at radius 3 is 2.10 bits per heavy atom. The highest BCUT2D eigenvalue weighted by Gasteiger charge is 2.18. The number of furan rings is 1.